The normalized spacial score (nSPS) is 14.2. The third-order valence-electron chi connectivity index (χ3n) is 2.83. The lowest BCUT2D eigenvalue weighted by molar-refractivity contribution is 0.0949. The van der Waals surface area contributed by atoms with Crippen LogP contribution in [0.3, 0.4) is 0 Å². The zero-order valence-corrected chi connectivity index (χ0v) is 9.69. The number of rotatable bonds is 2. The van der Waals surface area contributed by atoms with Gasteiger partial charge in [0.25, 0.3) is 11.5 Å². The number of carbonyl (C=O) groups is 1. The Morgan fingerprint density at radius 1 is 1.53 bits per heavy atom. The fraction of sp³-hybridized carbons (Fsp3) is 0.545. The minimum Gasteiger partial charge on any atom is -0.493 e. The van der Waals surface area contributed by atoms with E-state index < -0.39 is 17.3 Å². The molecule has 0 spiro atoms. The molecule has 6 nitrogen and oxygen atoms in total. The molecule has 1 aromatic rings. The van der Waals surface area contributed by atoms with Crippen molar-refractivity contribution in [2.75, 3.05) is 6.54 Å². The van der Waals surface area contributed by atoms with Crippen LogP contribution >= 0.6 is 0 Å². The van der Waals surface area contributed by atoms with Crippen LogP contribution in [0.4, 0.5) is 0 Å². The van der Waals surface area contributed by atoms with E-state index in [1.54, 1.807) is 6.92 Å². The van der Waals surface area contributed by atoms with Gasteiger partial charge in [-0.1, -0.05) is 0 Å². The molecular weight excluding hydrogens is 222 g/mol. The maximum atomic E-state index is 12.1. The summed E-state index contributed by atoms with van der Waals surface area (Å²) >= 11 is 0. The predicted molar refractivity (Wildman–Crippen MR) is 61.1 cm³/mol. The number of carbonyl (C=O) groups excluding carboxylic acids is 1. The summed E-state index contributed by atoms with van der Waals surface area (Å²) in [6, 6.07) is 0. The van der Waals surface area contributed by atoms with E-state index in [-0.39, 0.29) is 5.56 Å². The van der Waals surface area contributed by atoms with Crippen LogP contribution in [-0.4, -0.2) is 27.1 Å². The second-order valence-electron chi connectivity index (χ2n) is 4.00. The quantitative estimate of drug-likeness (QED) is 0.760. The van der Waals surface area contributed by atoms with Crippen molar-refractivity contribution in [3.63, 3.8) is 0 Å². The van der Waals surface area contributed by atoms with E-state index in [1.807, 2.05) is 0 Å². The summed E-state index contributed by atoms with van der Waals surface area (Å²) in [6.07, 6.45) is 2.51. The molecule has 0 aliphatic carbocycles. The van der Waals surface area contributed by atoms with Crippen LogP contribution in [0.1, 0.15) is 35.9 Å². The fourth-order valence-electron chi connectivity index (χ4n) is 2.01. The van der Waals surface area contributed by atoms with E-state index in [9.17, 15) is 14.7 Å². The molecule has 2 heterocycles. The number of aromatic hydroxyl groups is 1. The van der Waals surface area contributed by atoms with E-state index in [1.165, 1.54) is 4.57 Å². The monoisotopic (exact) mass is 237 g/mol. The van der Waals surface area contributed by atoms with Gasteiger partial charge >= 0.3 is 0 Å². The average molecular weight is 237 g/mol. The number of hydrogen-bond donors (Lipinski definition) is 2. The summed E-state index contributed by atoms with van der Waals surface area (Å²) in [5.41, 5.74) is -0.698. The minimum absolute atomic E-state index is 0.252. The van der Waals surface area contributed by atoms with E-state index >= 15 is 0 Å². The molecule has 0 atom stereocenters. The molecule has 0 saturated carbocycles. The van der Waals surface area contributed by atoms with Gasteiger partial charge in [-0.3, -0.25) is 14.2 Å². The molecule has 1 aliphatic heterocycles. The van der Waals surface area contributed by atoms with Crippen LogP contribution in [0.5, 0.6) is 5.88 Å². The van der Waals surface area contributed by atoms with E-state index in [4.69, 9.17) is 0 Å². The highest BCUT2D eigenvalue weighted by molar-refractivity contribution is 5.95. The molecule has 1 aliphatic rings. The summed E-state index contributed by atoms with van der Waals surface area (Å²) in [7, 11) is 0. The standard InChI is InChI=1S/C11H15N3O3/c1-2-12-9(15)8-10(16)13-7-5-3-4-6-14(7)11(8)17/h16H,2-6H2,1H3,(H,12,15). The molecule has 0 radical (unpaired) electrons. The van der Waals surface area contributed by atoms with E-state index in [0.29, 0.717) is 25.3 Å². The fourth-order valence-corrected chi connectivity index (χ4v) is 2.01. The summed E-state index contributed by atoms with van der Waals surface area (Å²) in [5.74, 6) is -0.468. The molecule has 0 unspecified atom stereocenters. The third kappa shape index (κ3) is 2.02. The Hall–Kier alpha value is -1.85. The highest BCUT2D eigenvalue weighted by Crippen LogP contribution is 2.15. The number of nitrogens with zero attached hydrogens (tertiary/aromatic N) is 2. The second kappa shape index (κ2) is 4.57. The van der Waals surface area contributed by atoms with Gasteiger partial charge < -0.3 is 10.4 Å². The molecule has 2 rings (SSSR count). The lowest BCUT2D eigenvalue weighted by atomic mass is 10.1. The Labute approximate surface area is 98.3 Å². The van der Waals surface area contributed by atoms with Crippen molar-refractivity contribution in [3.8, 4) is 5.88 Å². The smallest absolute Gasteiger partial charge is 0.270 e. The molecule has 6 heteroatoms. The molecule has 0 aromatic carbocycles. The lowest BCUT2D eigenvalue weighted by Gasteiger charge is -2.18. The van der Waals surface area contributed by atoms with E-state index in [2.05, 4.69) is 10.3 Å². The van der Waals surface area contributed by atoms with Gasteiger partial charge in [0.2, 0.25) is 5.88 Å². The molecule has 92 valence electrons. The Balaban J connectivity index is 2.53. The van der Waals surface area contributed by atoms with Crippen LogP contribution in [0.25, 0.3) is 0 Å². The molecule has 0 fully saturated rings. The minimum atomic E-state index is -0.566. The molecule has 1 amide bonds. The molecular formula is C11H15N3O3. The van der Waals surface area contributed by atoms with Gasteiger partial charge in [-0.25, -0.2) is 0 Å². The van der Waals surface area contributed by atoms with Crippen molar-refractivity contribution in [3.05, 3.63) is 21.7 Å². The zero-order valence-electron chi connectivity index (χ0n) is 9.69. The van der Waals surface area contributed by atoms with Gasteiger partial charge in [0.15, 0.2) is 5.56 Å². The lowest BCUT2D eigenvalue weighted by Crippen LogP contribution is -2.36. The number of aromatic nitrogens is 2. The molecule has 0 saturated heterocycles. The van der Waals surface area contributed by atoms with Crippen molar-refractivity contribution in [1.82, 2.24) is 14.9 Å². The van der Waals surface area contributed by atoms with Crippen molar-refractivity contribution >= 4 is 5.91 Å². The number of nitrogens with one attached hydrogen (secondary N) is 1. The topological polar surface area (TPSA) is 84.2 Å². The van der Waals surface area contributed by atoms with Crippen molar-refractivity contribution in [2.24, 2.45) is 0 Å². The first-order valence-corrected chi connectivity index (χ1v) is 5.76. The summed E-state index contributed by atoms with van der Waals surface area (Å²) < 4.78 is 1.48. The number of amides is 1. The number of fused-ring (bicyclic) bond motifs is 1. The van der Waals surface area contributed by atoms with Gasteiger partial charge in [0, 0.05) is 19.5 Å². The van der Waals surface area contributed by atoms with Gasteiger partial charge in [0.05, 0.1) is 0 Å². The van der Waals surface area contributed by atoms with Crippen LogP contribution < -0.4 is 10.9 Å². The second-order valence-corrected chi connectivity index (χ2v) is 4.00. The van der Waals surface area contributed by atoms with Crippen molar-refractivity contribution in [1.29, 1.82) is 0 Å². The first-order chi connectivity index (χ1) is 8.15. The van der Waals surface area contributed by atoms with Crippen LogP contribution in [0.15, 0.2) is 4.79 Å². The van der Waals surface area contributed by atoms with Crippen LogP contribution in [-0.2, 0) is 13.0 Å². The summed E-state index contributed by atoms with van der Waals surface area (Å²) in [5, 5.41) is 12.2. The largest absolute Gasteiger partial charge is 0.493 e. The van der Waals surface area contributed by atoms with E-state index in [0.717, 1.165) is 12.8 Å². The Kier molecular flexibility index (Phi) is 3.12. The first-order valence-electron chi connectivity index (χ1n) is 5.76. The average Bonchev–Trinajstić information content (AvgIpc) is 2.29. The van der Waals surface area contributed by atoms with Crippen LogP contribution in [0.2, 0.25) is 0 Å². The zero-order chi connectivity index (χ0) is 12.4. The molecule has 17 heavy (non-hydrogen) atoms. The maximum absolute atomic E-state index is 12.1. The SMILES string of the molecule is CCNC(=O)c1c(O)nc2n(c1=O)CCCC2. The third-order valence-corrected chi connectivity index (χ3v) is 2.83. The first kappa shape index (κ1) is 11.6. The molecule has 1 aromatic heterocycles. The number of aryl methyl sites for hydroxylation is 1. The maximum Gasteiger partial charge on any atom is 0.270 e. The van der Waals surface area contributed by atoms with Gasteiger partial charge in [-0.05, 0) is 19.8 Å². The van der Waals surface area contributed by atoms with Gasteiger partial charge in [-0.15, -0.1) is 0 Å². The van der Waals surface area contributed by atoms with Crippen LogP contribution in [0, 0.1) is 0 Å². The predicted octanol–water partition coefficient (Wildman–Crippen LogP) is 0.0349. The summed E-state index contributed by atoms with van der Waals surface area (Å²) in [6.45, 7) is 2.71. The van der Waals surface area contributed by atoms with Gasteiger partial charge in [-0.2, -0.15) is 4.98 Å². The summed E-state index contributed by atoms with van der Waals surface area (Å²) in [4.78, 5) is 27.6. The molecule has 0 bridgehead atoms. The van der Waals surface area contributed by atoms with Gasteiger partial charge in [0.1, 0.15) is 5.82 Å². The van der Waals surface area contributed by atoms with Crippen molar-refractivity contribution in [2.45, 2.75) is 32.7 Å². The highest BCUT2D eigenvalue weighted by Gasteiger charge is 2.22. The number of hydrogen-bond acceptors (Lipinski definition) is 4. The Morgan fingerprint density at radius 2 is 2.29 bits per heavy atom. The highest BCUT2D eigenvalue weighted by atomic mass is 16.3. The Morgan fingerprint density at radius 3 is 3.00 bits per heavy atom. The Bertz CT molecular complexity index is 507. The van der Waals surface area contributed by atoms with Crippen molar-refractivity contribution < 1.29 is 9.90 Å². The molecule has 2 N–H and O–H groups in total.